The molecule has 0 aliphatic carbocycles. The number of nitriles is 1. The summed E-state index contributed by atoms with van der Waals surface area (Å²) in [7, 11) is 1.15. The first-order valence-electron chi connectivity index (χ1n) is 4.83. The second-order valence-electron chi connectivity index (χ2n) is 3.19. The average Bonchev–Trinajstić information content (AvgIpc) is 2.35. The van der Waals surface area contributed by atoms with Gasteiger partial charge in [0.15, 0.2) is 0 Å². The van der Waals surface area contributed by atoms with Crippen LogP contribution in [0.5, 0.6) is 5.75 Å². The molecule has 0 spiro atoms. The molecule has 2 N–H and O–H groups in total. The van der Waals surface area contributed by atoms with E-state index in [4.69, 9.17) is 11.0 Å². The van der Waals surface area contributed by atoms with Crippen LogP contribution < -0.4 is 10.5 Å². The van der Waals surface area contributed by atoms with Crippen molar-refractivity contribution >= 4 is 5.97 Å². The molecular weight excluding hydrogens is 246 g/mol. The van der Waals surface area contributed by atoms with E-state index in [1.165, 1.54) is 6.07 Å². The number of carbonyl (C=O) groups is 1. The van der Waals surface area contributed by atoms with Crippen LogP contribution in [0.3, 0.4) is 0 Å². The molecule has 0 saturated heterocycles. The number of hydrogen-bond donors (Lipinski definition) is 1. The van der Waals surface area contributed by atoms with Gasteiger partial charge in [-0.15, -0.1) is 0 Å². The zero-order valence-electron chi connectivity index (χ0n) is 9.44. The molecule has 1 aromatic carbocycles. The van der Waals surface area contributed by atoms with E-state index in [9.17, 15) is 13.6 Å². The predicted octanol–water partition coefficient (Wildman–Crippen LogP) is 1.40. The van der Waals surface area contributed by atoms with Gasteiger partial charge in [-0.3, -0.25) is 0 Å². The van der Waals surface area contributed by atoms with Gasteiger partial charge in [0.2, 0.25) is 0 Å². The molecule has 18 heavy (non-hydrogen) atoms. The van der Waals surface area contributed by atoms with E-state index in [-0.39, 0.29) is 23.2 Å². The molecule has 0 aliphatic heterocycles. The van der Waals surface area contributed by atoms with Crippen molar-refractivity contribution < 1.29 is 23.0 Å². The number of methoxy groups -OCH3 is 1. The number of nitrogens with two attached hydrogens (primary N) is 1. The number of ether oxygens (including phenoxy) is 2. The molecule has 1 aromatic rings. The largest absolute Gasteiger partial charge is 0.465 e. The number of esters is 1. The third kappa shape index (κ3) is 2.93. The number of halogens is 2. The van der Waals surface area contributed by atoms with Crippen molar-refractivity contribution in [1.82, 2.24) is 0 Å². The number of benzene rings is 1. The molecule has 0 aromatic heterocycles. The zero-order valence-corrected chi connectivity index (χ0v) is 9.44. The van der Waals surface area contributed by atoms with Crippen LogP contribution in [-0.4, -0.2) is 19.7 Å². The lowest BCUT2D eigenvalue weighted by atomic mass is 10.0. The Balaban J connectivity index is 3.36. The normalized spacial score (nSPS) is 10.0. The summed E-state index contributed by atoms with van der Waals surface area (Å²) in [6, 6.07) is 4.05. The predicted molar refractivity (Wildman–Crippen MR) is 57.0 cm³/mol. The fourth-order valence-corrected chi connectivity index (χ4v) is 1.39. The van der Waals surface area contributed by atoms with Crippen molar-refractivity contribution in [1.29, 1.82) is 5.26 Å². The molecule has 0 aliphatic rings. The van der Waals surface area contributed by atoms with E-state index in [1.54, 1.807) is 6.07 Å². The van der Waals surface area contributed by atoms with Crippen molar-refractivity contribution in [2.75, 3.05) is 7.11 Å². The summed E-state index contributed by atoms with van der Waals surface area (Å²) in [6.45, 7) is -3.19. The number of rotatable bonds is 4. The zero-order chi connectivity index (χ0) is 13.7. The summed E-state index contributed by atoms with van der Waals surface area (Å²) in [5, 5.41) is 8.88. The Hall–Kier alpha value is -2.20. The van der Waals surface area contributed by atoms with Crippen molar-refractivity contribution in [2.45, 2.75) is 13.2 Å². The molecule has 0 radical (unpaired) electrons. The second-order valence-corrected chi connectivity index (χ2v) is 3.19. The highest BCUT2D eigenvalue weighted by atomic mass is 19.3. The molecule has 0 fully saturated rings. The topological polar surface area (TPSA) is 85.3 Å². The molecule has 0 saturated carbocycles. The van der Waals surface area contributed by atoms with Crippen LogP contribution in [0.15, 0.2) is 12.1 Å². The van der Waals surface area contributed by atoms with Gasteiger partial charge in [0.1, 0.15) is 11.8 Å². The first-order chi connectivity index (χ1) is 8.53. The van der Waals surface area contributed by atoms with Crippen LogP contribution in [0.25, 0.3) is 0 Å². The van der Waals surface area contributed by atoms with E-state index in [0.717, 1.165) is 13.2 Å². The number of alkyl halides is 2. The Morgan fingerprint density at radius 2 is 2.22 bits per heavy atom. The van der Waals surface area contributed by atoms with Gasteiger partial charge in [-0.05, 0) is 17.7 Å². The minimum atomic E-state index is -3.10. The lowest BCUT2D eigenvalue weighted by Crippen LogP contribution is -2.10. The second kappa shape index (κ2) is 5.93. The summed E-state index contributed by atoms with van der Waals surface area (Å²) in [4.78, 5) is 11.3. The first-order valence-corrected chi connectivity index (χ1v) is 4.83. The molecule has 0 heterocycles. The van der Waals surface area contributed by atoms with Gasteiger partial charge in [0.25, 0.3) is 0 Å². The molecule has 0 atom stereocenters. The fourth-order valence-electron chi connectivity index (χ4n) is 1.39. The van der Waals surface area contributed by atoms with Gasteiger partial charge < -0.3 is 15.2 Å². The van der Waals surface area contributed by atoms with E-state index in [1.807, 2.05) is 0 Å². The van der Waals surface area contributed by atoms with E-state index < -0.39 is 18.3 Å². The smallest absolute Gasteiger partial charge is 0.387 e. The molecule has 96 valence electrons. The summed E-state index contributed by atoms with van der Waals surface area (Å²) in [5.41, 5.74) is 5.50. The van der Waals surface area contributed by atoms with Crippen LogP contribution in [-0.2, 0) is 11.3 Å². The van der Waals surface area contributed by atoms with Crippen molar-refractivity contribution in [3.8, 4) is 11.8 Å². The summed E-state index contributed by atoms with van der Waals surface area (Å²) < 4.78 is 33.1. The quantitative estimate of drug-likeness (QED) is 0.823. The van der Waals surface area contributed by atoms with Gasteiger partial charge in [-0.1, -0.05) is 0 Å². The Morgan fingerprint density at radius 3 is 2.67 bits per heavy atom. The lowest BCUT2D eigenvalue weighted by molar-refractivity contribution is -0.0501. The van der Waals surface area contributed by atoms with Crippen LogP contribution in [0.1, 0.15) is 21.5 Å². The molecule has 7 heteroatoms. The third-order valence-corrected chi connectivity index (χ3v) is 2.15. The number of nitrogens with zero attached hydrogens (tertiary/aromatic N) is 1. The first kappa shape index (κ1) is 13.9. The molecule has 0 unspecified atom stereocenters. The van der Waals surface area contributed by atoms with Gasteiger partial charge in [-0.2, -0.15) is 14.0 Å². The van der Waals surface area contributed by atoms with Crippen molar-refractivity contribution in [3.63, 3.8) is 0 Å². The number of carbonyl (C=O) groups excluding carboxylic acids is 1. The maximum absolute atomic E-state index is 12.2. The van der Waals surface area contributed by atoms with Crippen LogP contribution in [0.4, 0.5) is 8.78 Å². The highest BCUT2D eigenvalue weighted by Gasteiger charge is 2.18. The van der Waals surface area contributed by atoms with Gasteiger partial charge in [-0.25, -0.2) is 4.79 Å². The lowest BCUT2D eigenvalue weighted by Gasteiger charge is -2.11. The Morgan fingerprint density at radius 1 is 1.56 bits per heavy atom. The Bertz CT molecular complexity index is 498. The van der Waals surface area contributed by atoms with Crippen molar-refractivity contribution in [3.05, 3.63) is 28.8 Å². The minimum Gasteiger partial charge on any atom is -0.465 e. The molecule has 5 nitrogen and oxygen atoms in total. The standard InChI is InChI=1S/C11H10F2N2O3/c1-17-10(16)6-2-7(4-14)8(5-15)9(3-6)18-11(12)13/h2-3,11H,4,14H2,1H3. The van der Waals surface area contributed by atoms with Gasteiger partial charge >= 0.3 is 12.6 Å². The molecule has 1 rings (SSSR count). The Kier molecular flexibility index (Phi) is 4.57. The fraction of sp³-hybridized carbons (Fsp3) is 0.273. The highest BCUT2D eigenvalue weighted by molar-refractivity contribution is 5.90. The van der Waals surface area contributed by atoms with Crippen LogP contribution >= 0.6 is 0 Å². The average molecular weight is 256 g/mol. The minimum absolute atomic E-state index is 0.00685. The molecule has 0 amide bonds. The molecule has 0 bridgehead atoms. The van der Waals surface area contributed by atoms with E-state index in [2.05, 4.69) is 9.47 Å². The van der Waals surface area contributed by atoms with E-state index in [0.29, 0.717) is 0 Å². The summed E-state index contributed by atoms with van der Waals surface area (Å²) >= 11 is 0. The maximum Gasteiger partial charge on any atom is 0.387 e. The third-order valence-electron chi connectivity index (χ3n) is 2.15. The van der Waals surface area contributed by atoms with E-state index >= 15 is 0 Å². The van der Waals surface area contributed by atoms with Crippen LogP contribution in [0, 0.1) is 11.3 Å². The van der Waals surface area contributed by atoms with Crippen molar-refractivity contribution in [2.24, 2.45) is 5.73 Å². The monoisotopic (exact) mass is 256 g/mol. The number of hydrogen-bond acceptors (Lipinski definition) is 5. The van der Waals surface area contributed by atoms with Crippen LogP contribution in [0.2, 0.25) is 0 Å². The van der Waals surface area contributed by atoms with Gasteiger partial charge in [0.05, 0.1) is 18.2 Å². The highest BCUT2D eigenvalue weighted by Crippen LogP contribution is 2.26. The van der Waals surface area contributed by atoms with Gasteiger partial charge in [0, 0.05) is 6.54 Å². The molecular formula is C11H10F2N2O3. The Labute approximate surface area is 102 Å². The summed E-state index contributed by atoms with van der Waals surface area (Å²) in [5.74, 6) is -1.12. The summed E-state index contributed by atoms with van der Waals surface area (Å²) in [6.07, 6.45) is 0. The SMILES string of the molecule is COC(=O)c1cc(CN)c(C#N)c(OC(F)F)c1. The maximum atomic E-state index is 12.2.